The van der Waals surface area contributed by atoms with E-state index in [0.717, 1.165) is 5.56 Å². The van der Waals surface area contributed by atoms with Crippen LogP contribution >= 0.6 is 0 Å². The number of carbonyl (C=O) groups is 1. The Morgan fingerprint density at radius 1 is 1.39 bits per heavy atom. The highest BCUT2D eigenvalue weighted by atomic mass is 32.2. The van der Waals surface area contributed by atoms with E-state index in [9.17, 15) is 13.2 Å². The van der Waals surface area contributed by atoms with Crippen molar-refractivity contribution in [3.05, 3.63) is 23.8 Å². The number of aryl methyl sites for hydroxylation is 1. The highest BCUT2D eigenvalue weighted by Crippen LogP contribution is 2.16. The van der Waals surface area contributed by atoms with Crippen LogP contribution < -0.4 is 16.2 Å². The van der Waals surface area contributed by atoms with E-state index in [4.69, 9.17) is 11.5 Å². The molecule has 0 heterocycles. The molecule has 0 aliphatic rings. The summed E-state index contributed by atoms with van der Waals surface area (Å²) < 4.78 is 26.4. The number of primary amides is 1. The second-order valence-electron chi connectivity index (χ2n) is 4.27. The van der Waals surface area contributed by atoms with Gasteiger partial charge in [-0.05, 0) is 37.6 Å². The molecule has 1 unspecified atom stereocenters. The van der Waals surface area contributed by atoms with E-state index in [-0.39, 0.29) is 11.3 Å². The third-order valence-electron chi connectivity index (χ3n) is 2.25. The third kappa shape index (κ3) is 4.01. The van der Waals surface area contributed by atoms with Crippen molar-refractivity contribution in [2.24, 2.45) is 5.73 Å². The van der Waals surface area contributed by atoms with E-state index in [1.807, 2.05) is 0 Å². The average Bonchev–Trinajstić information content (AvgIpc) is 2.13. The van der Waals surface area contributed by atoms with Gasteiger partial charge >= 0.3 is 0 Å². The smallest absolute Gasteiger partial charge is 0.240 e. The highest BCUT2D eigenvalue weighted by molar-refractivity contribution is 7.89. The summed E-state index contributed by atoms with van der Waals surface area (Å²) in [6, 6.07) is 3.99. The van der Waals surface area contributed by atoms with Gasteiger partial charge in [0, 0.05) is 18.2 Å². The van der Waals surface area contributed by atoms with Crippen LogP contribution in [-0.4, -0.2) is 20.4 Å². The summed E-state index contributed by atoms with van der Waals surface area (Å²) in [5.74, 6) is -0.561. The Bertz CT molecular complexity index is 534. The molecule has 1 amide bonds. The summed E-state index contributed by atoms with van der Waals surface area (Å²) in [5.41, 5.74) is 11.7. The summed E-state index contributed by atoms with van der Waals surface area (Å²) in [5, 5.41) is 0. The number of nitrogens with one attached hydrogen (secondary N) is 1. The third-order valence-corrected chi connectivity index (χ3v) is 3.82. The standard InChI is InChI=1S/C11H17N3O3S/c1-7-3-9(12)6-10(4-7)18(16,17)14-8(2)5-11(13)15/h3-4,6,8,14H,5,12H2,1-2H3,(H2,13,15). The second-order valence-corrected chi connectivity index (χ2v) is 5.99. The Morgan fingerprint density at radius 2 is 2.00 bits per heavy atom. The van der Waals surface area contributed by atoms with Crippen LogP contribution in [0.1, 0.15) is 18.9 Å². The predicted octanol–water partition coefficient (Wildman–Crippen LogP) is 0.119. The Hall–Kier alpha value is -1.60. The monoisotopic (exact) mass is 271 g/mol. The molecule has 0 saturated heterocycles. The van der Waals surface area contributed by atoms with Gasteiger partial charge in [-0.25, -0.2) is 13.1 Å². The molecule has 1 rings (SSSR count). The van der Waals surface area contributed by atoms with Gasteiger partial charge < -0.3 is 11.5 Å². The maximum absolute atomic E-state index is 12.0. The zero-order chi connectivity index (χ0) is 13.9. The Labute approximate surface area is 106 Å². The van der Waals surface area contributed by atoms with Crippen molar-refractivity contribution in [1.82, 2.24) is 4.72 Å². The van der Waals surface area contributed by atoms with E-state index < -0.39 is 22.0 Å². The minimum absolute atomic E-state index is 0.0550. The molecule has 0 aliphatic carbocycles. The zero-order valence-corrected chi connectivity index (χ0v) is 11.1. The number of hydrogen-bond donors (Lipinski definition) is 3. The minimum Gasteiger partial charge on any atom is -0.399 e. The average molecular weight is 271 g/mol. The Kier molecular flexibility index (Phi) is 4.31. The molecule has 1 aromatic carbocycles. The number of amides is 1. The maximum atomic E-state index is 12.0. The molecule has 0 fully saturated rings. The Balaban J connectivity index is 2.96. The van der Waals surface area contributed by atoms with Crippen LogP contribution in [0.2, 0.25) is 0 Å². The summed E-state index contributed by atoms with van der Waals surface area (Å²) in [4.78, 5) is 10.8. The molecule has 7 heteroatoms. The van der Waals surface area contributed by atoms with Gasteiger partial charge in [-0.3, -0.25) is 4.79 Å². The van der Waals surface area contributed by atoms with Crippen LogP contribution in [0, 0.1) is 6.92 Å². The number of anilines is 1. The molecule has 0 saturated carbocycles. The molecule has 0 aliphatic heterocycles. The van der Waals surface area contributed by atoms with Crippen LogP contribution in [-0.2, 0) is 14.8 Å². The quantitative estimate of drug-likeness (QED) is 0.659. The number of sulfonamides is 1. The van der Waals surface area contributed by atoms with Crippen molar-refractivity contribution in [2.75, 3.05) is 5.73 Å². The lowest BCUT2D eigenvalue weighted by molar-refractivity contribution is -0.118. The van der Waals surface area contributed by atoms with Crippen molar-refractivity contribution in [2.45, 2.75) is 31.2 Å². The van der Waals surface area contributed by atoms with Gasteiger partial charge in [0.1, 0.15) is 0 Å². The van der Waals surface area contributed by atoms with Gasteiger partial charge in [0.15, 0.2) is 0 Å². The first-order chi connectivity index (χ1) is 8.20. The number of hydrogen-bond acceptors (Lipinski definition) is 4. The number of nitrogen functional groups attached to an aromatic ring is 1. The summed E-state index contributed by atoms with van der Waals surface area (Å²) >= 11 is 0. The lowest BCUT2D eigenvalue weighted by atomic mass is 10.2. The van der Waals surface area contributed by atoms with Gasteiger partial charge in [-0.2, -0.15) is 0 Å². The molecule has 0 radical (unpaired) electrons. The fourth-order valence-corrected chi connectivity index (χ4v) is 2.99. The first-order valence-electron chi connectivity index (χ1n) is 5.38. The molecule has 100 valence electrons. The highest BCUT2D eigenvalue weighted by Gasteiger charge is 2.19. The lowest BCUT2D eigenvalue weighted by Gasteiger charge is -2.13. The van der Waals surface area contributed by atoms with Gasteiger partial charge in [0.05, 0.1) is 4.90 Å². The van der Waals surface area contributed by atoms with Gasteiger partial charge in [-0.15, -0.1) is 0 Å². The van der Waals surface area contributed by atoms with Crippen molar-refractivity contribution >= 4 is 21.6 Å². The van der Waals surface area contributed by atoms with E-state index in [2.05, 4.69) is 4.72 Å². The van der Waals surface area contributed by atoms with Crippen molar-refractivity contribution in [3.8, 4) is 0 Å². The van der Waals surface area contributed by atoms with Crippen LogP contribution in [0.3, 0.4) is 0 Å². The van der Waals surface area contributed by atoms with Gasteiger partial charge in [0.2, 0.25) is 15.9 Å². The summed E-state index contributed by atoms with van der Waals surface area (Å²) in [7, 11) is -3.69. The first-order valence-corrected chi connectivity index (χ1v) is 6.87. The predicted molar refractivity (Wildman–Crippen MR) is 69.2 cm³/mol. The van der Waals surface area contributed by atoms with Crippen LogP contribution in [0.15, 0.2) is 23.1 Å². The molecule has 0 spiro atoms. The topological polar surface area (TPSA) is 115 Å². The van der Waals surface area contributed by atoms with E-state index >= 15 is 0 Å². The molecule has 0 aromatic heterocycles. The molecule has 18 heavy (non-hydrogen) atoms. The first kappa shape index (κ1) is 14.5. The molecular formula is C11H17N3O3S. The van der Waals surface area contributed by atoms with Crippen molar-refractivity contribution in [1.29, 1.82) is 0 Å². The maximum Gasteiger partial charge on any atom is 0.240 e. The van der Waals surface area contributed by atoms with Crippen molar-refractivity contribution < 1.29 is 13.2 Å². The van der Waals surface area contributed by atoms with Crippen LogP contribution in [0.5, 0.6) is 0 Å². The van der Waals surface area contributed by atoms with Gasteiger partial charge in [-0.1, -0.05) is 0 Å². The van der Waals surface area contributed by atoms with E-state index in [1.165, 1.54) is 12.1 Å². The zero-order valence-electron chi connectivity index (χ0n) is 10.3. The molecule has 6 nitrogen and oxygen atoms in total. The largest absolute Gasteiger partial charge is 0.399 e. The number of rotatable bonds is 5. The normalized spacial score (nSPS) is 13.2. The van der Waals surface area contributed by atoms with Crippen LogP contribution in [0.25, 0.3) is 0 Å². The summed E-state index contributed by atoms with van der Waals surface area (Å²) in [6.07, 6.45) is -0.0550. The van der Waals surface area contributed by atoms with Gasteiger partial charge in [0.25, 0.3) is 0 Å². The summed E-state index contributed by atoms with van der Waals surface area (Å²) in [6.45, 7) is 3.32. The van der Waals surface area contributed by atoms with E-state index in [1.54, 1.807) is 19.9 Å². The fraction of sp³-hybridized carbons (Fsp3) is 0.364. The SMILES string of the molecule is Cc1cc(N)cc(S(=O)(=O)NC(C)CC(N)=O)c1. The number of carbonyl (C=O) groups excluding carboxylic acids is 1. The molecule has 1 atom stereocenters. The number of nitrogens with two attached hydrogens (primary N) is 2. The molecule has 0 bridgehead atoms. The van der Waals surface area contributed by atoms with Crippen molar-refractivity contribution in [3.63, 3.8) is 0 Å². The minimum atomic E-state index is -3.69. The molecule has 1 aromatic rings. The number of benzene rings is 1. The van der Waals surface area contributed by atoms with E-state index in [0.29, 0.717) is 5.69 Å². The van der Waals surface area contributed by atoms with Crippen LogP contribution in [0.4, 0.5) is 5.69 Å². The second kappa shape index (κ2) is 5.36. The molecule has 5 N–H and O–H groups in total. The lowest BCUT2D eigenvalue weighted by Crippen LogP contribution is -2.35. The Morgan fingerprint density at radius 3 is 2.50 bits per heavy atom. The molecular weight excluding hydrogens is 254 g/mol. The fourth-order valence-electron chi connectivity index (χ4n) is 1.61.